The van der Waals surface area contributed by atoms with Crippen LogP contribution < -0.4 is 9.47 Å². The molecule has 0 atom stereocenters. The van der Waals surface area contributed by atoms with Gasteiger partial charge in [0, 0.05) is 17.2 Å². The Labute approximate surface area is 186 Å². The van der Waals surface area contributed by atoms with Gasteiger partial charge in [-0.15, -0.1) is 0 Å². The number of benzene rings is 3. The van der Waals surface area contributed by atoms with E-state index >= 15 is 0 Å². The van der Waals surface area contributed by atoms with E-state index in [9.17, 15) is 9.59 Å². The molecule has 0 aliphatic carbocycles. The fourth-order valence-corrected chi connectivity index (χ4v) is 3.57. The average molecular weight is 432 g/mol. The Hall–Kier alpha value is -3.80. The third-order valence-electron chi connectivity index (χ3n) is 4.87. The van der Waals surface area contributed by atoms with Crippen molar-refractivity contribution in [2.75, 3.05) is 0 Å². The fraction of sp³-hybridized carbons (Fsp3) is 0.231. The zero-order chi connectivity index (χ0) is 22.9. The van der Waals surface area contributed by atoms with Gasteiger partial charge in [0.25, 0.3) is 0 Å². The molecule has 164 valence electrons. The Bertz CT molecular complexity index is 1110. The number of hydrogen-bond donors (Lipinski definition) is 0. The van der Waals surface area contributed by atoms with E-state index in [1.165, 1.54) is 6.07 Å². The number of rotatable bonds is 3. The van der Waals surface area contributed by atoms with Gasteiger partial charge in [-0.2, -0.15) is 0 Å². The van der Waals surface area contributed by atoms with E-state index in [4.69, 9.17) is 18.9 Å². The number of carbonyl (C=O) groups is 2. The van der Waals surface area contributed by atoms with Crippen molar-refractivity contribution in [2.24, 2.45) is 0 Å². The number of carbonyl (C=O) groups excluding carboxylic acids is 2. The molecule has 1 aliphatic heterocycles. The van der Waals surface area contributed by atoms with Crippen molar-refractivity contribution >= 4 is 12.1 Å². The first-order valence-electron chi connectivity index (χ1n) is 10.3. The summed E-state index contributed by atoms with van der Waals surface area (Å²) in [6, 6.07) is 21.5. The molecule has 0 radical (unpaired) electrons. The molecule has 0 fully saturated rings. The molecule has 32 heavy (non-hydrogen) atoms. The van der Waals surface area contributed by atoms with Crippen LogP contribution in [0.3, 0.4) is 0 Å². The highest BCUT2D eigenvalue weighted by Crippen LogP contribution is 2.44. The minimum absolute atomic E-state index is 0.209. The Morgan fingerprint density at radius 1 is 0.875 bits per heavy atom. The van der Waals surface area contributed by atoms with Crippen LogP contribution in [0.2, 0.25) is 0 Å². The summed E-state index contributed by atoms with van der Waals surface area (Å²) in [5, 5.41) is 0. The summed E-state index contributed by atoms with van der Waals surface area (Å²) in [4.78, 5) is 25.3. The second-order valence-corrected chi connectivity index (χ2v) is 8.52. The Morgan fingerprint density at radius 3 is 1.97 bits per heavy atom. The number of fused-ring (bicyclic) bond motifs is 1. The predicted octanol–water partition coefficient (Wildman–Crippen LogP) is 5.76. The molecule has 4 rings (SSSR count). The van der Waals surface area contributed by atoms with Crippen LogP contribution in [0, 0.1) is 6.92 Å². The smallest absolute Gasteiger partial charge is 0.443 e. The van der Waals surface area contributed by atoms with E-state index in [1.54, 1.807) is 33.8 Å². The van der Waals surface area contributed by atoms with Crippen molar-refractivity contribution in [2.45, 2.75) is 39.1 Å². The molecular weight excluding hydrogens is 408 g/mol. The first-order chi connectivity index (χ1) is 15.2. The predicted molar refractivity (Wildman–Crippen MR) is 118 cm³/mol. The standard InChI is InChI=1S/C26H24O6/c1-17-15-20(29-24(28)32-25(2,3)4)16-21-22(17)23(27)31-26(30-21,18-11-7-5-8-12-18)19-13-9-6-10-14-19/h5-16H,1-4H3. The van der Waals surface area contributed by atoms with Gasteiger partial charge >= 0.3 is 17.9 Å². The number of cyclic esters (lactones) is 1. The topological polar surface area (TPSA) is 71.1 Å². The van der Waals surface area contributed by atoms with Crippen molar-refractivity contribution in [3.05, 3.63) is 95.1 Å². The maximum absolute atomic E-state index is 13.2. The van der Waals surface area contributed by atoms with Crippen molar-refractivity contribution in [1.29, 1.82) is 0 Å². The maximum atomic E-state index is 13.2. The molecule has 0 bridgehead atoms. The summed E-state index contributed by atoms with van der Waals surface area (Å²) in [5.41, 5.74) is 1.45. The van der Waals surface area contributed by atoms with Gasteiger partial charge in [-0.1, -0.05) is 60.7 Å². The lowest BCUT2D eigenvalue weighted by molar-refractivity contribution is -0.131. The summed E-state index contributed by atoms with van der Waals surface area (Å²) in [5.74, 6) is -1.54. The largest absolute Gasteiger partial charge is 0.514 e. The molecule has 3 aromatic carbocycles. The van der Waals surface area contributed by atoms with Gasteiger partial charge < -0.3 is 18.9 Å². The van der Waals surface area contributed by atoms with E-state index in [2.05, 4.69) is 0 Å². The zero-order valence-corrected chi connectivity index (χ0v) is 18.4. The SMILES string of the molecule is Cc1cc(OC(=O)OC(C)(C)C)cc2c1C(=O)OC(c1ccccc1)(c1ccccc1)O2. The molecule has 0 amide bonds. The molecule has 3 aromatic rings. The summed E-state index contributed by atoms with van der Waals surface area (Å²) in [7, 11) is 0. The van der Waals surface area contributed by atoms with E-state index in [0.717, 1.165) is 0 Å². The highest BCUT2D eigenvalue weighted by Gasteiger charge is 2.46. The third kappa shape index (κ3) is 4.17. The van der Waals surface area contributed by atoms with Gasteiger partial charge in [0.1, 0.15) is 22.7 Å². The van der Waals surface area contributed by atoms with Crippen LogP contribution in [0.5, 0.6) is 11.5 Å². The molecule has 0 aromatic heterocycles. The molecule has 1 aliphatic rings. The van der Waals surface area contributed by atoms with Gasteiger partial charge in [0.2, 0.25) is 0 Å². The molecule has 0 unspecified atom stereocenters. The van der Waals surface area contributed by atoms with E-state index < -0.39 is 23.5 Å². The molecule has 0 saturated heterocycles. The zero-order valence-electron chi connectivity index (χ0n) is 18.4. The number of aryl methyl sites for hydroxylation is 1. The summed E-state index contributed by atoms with van der Waals surface area (Å²) in [6.45, 7) is 6.97. The van der Waals surface area contributed by atoms with Crippen LogP contribution in [0.1, 0.15) is 47.8 Å². The van der Waals surface area contributed by atoms with Crippen LogP contribution >= 0.6 is 0 Å². The third-order valence-corrected chi connectivity index (χ3v) is 4.87. The highest BCUT2D eigenvalue weighted by molar-refractivity contribution is 5.96. The Balaban J connectivity index is 1.79. The second kappa shape index (κ2) is 8.04. The number of hydrogen-bond acceptors (Lipinski definition) is 6. The number of esters is 1. The Morgan fingerprint density at radius 2 is 1.44 bits per heavy atom. The van der Waals surface area contributed by atoms with E-state index in [0.29, 0.717) is 16.7 Å². The monoisotopic (exact) mass is 432 g/mol. The summed E-state index contributed by atoms with van der Waals surface area (Å²) in [6.07, 6.45) is -0.840. The fourth-order valence-electron chi connectivity index (χ4n) is 3.57. The summed E-state index contributed by atoms with van der Waals surface area (Å²) < 4.78 is 22.9. The minimum atomic E-state index is -1.48. The quantitative estimate of drug-likeness (QED) is 0.387. The molecular formula is C26H24O6. The molecule has 6 heteroatoms. The lowest BCUT2D eigenvalue weighted by Crippen LogP contribution is -2.43. The second-order valence-electron chi connectivity index (χ2n) is 8.52. The minimum Gasteiger partial charge on any atom is -0.443 e. The van der Waals surface area contributed by atoms with Crippen LogP contribution in [-0.4, -0.2) is 17.7 Å². The molecule has 0 N–H and O–H groups in total. The highest BCUT2D eigenvalue weighted by atomic mass is 16.7. The van der Waals surface area contributed by atoms with Crippen molar-refractivity contribution in [3.63, 3.8) is 0 Å². The van der Waals surface area contributed by atoms with Crippen LogP contribution in [0.4, 0.5) is 4.79 Å². The lowest BCUT2D eigenvalue weighted by atomic mass is 9.95. The first kappa shape index (κ1) is 21.4. The van der Waals surface area contributed by atoms with Gasteiger partial charge in [-0.3, -0.25) is 0 Å². The van der Waals surface area contributed by atoms with Crippen molar-refractivity contribution in [1.82, 2.24) is 0 Å². The Kier molecular flexibility index (Phi) is 5.38. The summed E-state index contributed by atoms with van der Waals surface area (Å²) >= 11 is 0. The van der Waals surface area contributed by atoms with Crippen LogP contribution in [-0.2, 0) is 15.3 Å². The van der Waals surface area contributed by atoms with Gasteiger partial charge in [-0.25, -0.2) is 9.59 Å². The molecule has 0 saturated carbocycles. The molecule has 6 nitrogen and oxygen atoms in total. The van der Waals surface area contributed by atoms with Gasteiger partial charge in [-0.05, 0) is 39.3 Å². The van der Waals surface area contributed by atoms with Crippen molar-refractivity contribution in [3.8, 4) is 11.5 Å². The lowest BCUT2D eigenvalue weighted by Gasteiger charge is -2.38. The van der Waals surface area contributed by atoms with E-state index in [1.807, 2.05) is 60.7 Å². The van der Waals surface area contributed by atoms with E-state index in [-0.39, 0.29) is 17.1 Å². The molecule has 0 spiro atoms. The van der Waals surface area contributed by atoms with Gasteiger partial charge in [0.15, 0.2) is 0 Å². The van der Waals surface area contributed by atoms with Crippen LogP contribution in [0.25, 0.3) is 0 Å². The van der Waals surface area contributed by atoms with Crippen LogP contribution in [0.15, 0.2) is 72.8 Å². The van der Waals surface area contributed by atoms with Gasteiger partial charge in [0.05, 0.1) is 0 Å². The average Bonchev–Trinajstić information content (AvgIpc) is 2.73. The first-order valence-corrected chi connectivity index (χ1v) is 10.3. The van der Waals surface area contributed by atoms with Crippen molar-refractivity contribution < 1.29 is 28.5 Å². The molecule has 1 heterocycles. The maximum Gasteiger partial charge on any atom is 0.514 e. The normalized spacial score (nSPS) is 14.6. The number of ether oxygens (including phenoxy) is 4.